The number of aromatic nitrogens is 4. The largest absolute Gasteiger partial charge is 0.480 e. The fraction of sp³-hybridized carbons (Fsp3) is 0.500. The first-order chi connectivity index (χ1) is 30.0. The van der Waals surface area contributed by atoms with Gasteiger partial charge in [-0.05, 0) is 98.2 Å². The average Bonchev–Trinajstić information content (AvgIpc) is 3.82. The molecule has 1 amide bonds. The van der Waals surface area contributed by atoms with Crippen molar-refractivity contribution in [1.29, 1.82) is 0 Å². The molecule has 16 heteroatoms. The number of nitrogens with zero attached hydrogens (tertiary/aromatic N) is 5. The number of rotatable bonds is 19. The number of hydrogen-bond acceptors (Lipinski definition) is 12. The highest BCUT2D eigenvalue weighted by Gasteiger charge is 2.29. The monoisotopic (exact) mass is 899 g/mol. The Hall–Kier alpha value is -5.26. The van der Waals surface area contributed by atoms with Gasteiger partial charge in [0.25, 0.3) is 5.91 Å². The van der Waals surface area contributed by atoms with Gasteiger partial charge in [0.05, 0.1) is 48.9 Å². The maximum atomic E-state index is 13.6. The molecule has 1 aliphatic heterocycles. The molecule has 3 aromatic heterocycles. The number of carbonyl (C=O) groups is 3. The minimum absolute atomic E-state index is 0. The van der Waals surface area contributed by atoms with Crippen LogP contribution < -0.4 is 15.5 Å². The Morgan fingerprint density at radius 1 is 0.859 bits per heavy atom. The molecular weight excluding hydrogens is 835 g/mol. The zero-order chi connectivity index (χ0) is 43.6. The standard InChI is InChI=1S/C46H57N7O8S.2CH4/c1-29-21-30(2)23-34(61-18-15-47-14-17-59-19-20-60-28-42(54)55)24-32(22-29)26-53-31(3)37(25-48-53)35-11-12-41(50-43(35)45(57)58)52-16-13-33-7-6-8-36(38(33)27-52)44(56)51-46-49-39-9-4-5-10-40(39)62-46;;/h4-12,25,29-30,32,34,47H,13-24,26-28H2,1-3H3,(H,54,55)(H,57,58)(H,49,51,56);2*1H4. The lowest BCUT2D eigenvalue weighted by atomic mass is 9.80. The topological polar surface area (TPSA) is 190 Å². The van der Waals surface area contributed by atoms with Crippen molar-refractivity contribution in [3.63, 3.8) is 0 Å². The van der Waals surface area contributed by atoms with Crippen LogP contribution in [0.1, 0.15) is 92.1 Å². The Labute approximate surface area is 380 Å². The lowest BCUT2D eigenvalue weighted by molar-refractivity contribution is -0.142. The smallest absolute Gasteiger partial charge is 0.355 e. The van der Waals surface area contributed by atoms with E-state index < -0.39 is 11.9 Å². The fourth-order valence-corrected chi connectivity index (χ4v) is 9.78. The summed E-state index contributed by atoms with van der Waals surface area (Å²) in [5.41, 5.74) is 5.47. The normalized spacial score (nSPS) is 18.6. The van der Waals surface area contributed by atoms with Gasteiger partial charge in [-0.2, -0.15) is 5.10 Å². The highest BCUT2D eigenvalue weighted by Crippen LogP contribution is 2.35. The number of ether oxygens (including phenoxy) is 3. The van der Waals surface area contributed by atoms with Crippen LogP contribution in [0.4, 0.5) is 10.9 Å². The molecule has 64 heavy (non-hydrogen) atoms. The maximum Gasteiger partial charge on any atom is 0.355 e. The highest BCUT2D eigenvalue weighted by atomic mass is 32.1. The number of nitrogens with one attached hydrogen (secondary N) is 2. The van der Waals surface area contributed by atoms with E-state index in [1.165, 1.54) is 11.3 Å². The summed E-state index contributed by atoms with van der Waals surface area (Å²) >= 11 is 1.43. The quantitative estimate of drug-likeness (QED) is 0.0581. The molecule has 0 spiro atoms. The summed E-state index contributed by atoms with van der Waals surface area (Å²) < 4.78 is 19.9. The summed E-state index contributed by atoms with van der Waals surface area (Å²) in [5.74, 6) is -0.363. The van der Waals surface area contributed by atoms with Crippen LogP contribution in [-0.2, 0) is 38.5 Å². The van der Waals surface area contributed by atoms with E-state index in [1.54, 1.807) is 6.20 Å². The number of carboxylic acid groups (broad SMARTS) is 2. The second-order valence-electron chi connectivity index (χ2n) is 16.6. The van der Waals surface area contributed by atoms with Gasteiger partial charge in [-0.25, -0.2) is 19.6 Å². The van der Waals surface area contributed by atoms with E-state index >= 15 is 0 Å². The van der Waals surface area contributed by atoms with Crippen LogP contribution >= 0.6 is 11.3 Å². The Morgan fingerprint density at radius 2 is 1.64 bits per heavy atom. The molecule has 0 bridgehead atoms. The highest BCUT2D eigenvalue weighted by molar-refractivity contribution is 7.22. The van der Waals surface area contributed by atoms with Gasteiger partial charge in [0.15, 0.2) is 10.8 Å². The molecule has 2 aliphatic rings. The molecule has 1 aliphatic carbocycles. The number of hydrogen-bond donors (Lipinski definition) is 4. The van der Waals surface area contributed by atoms with Gasteiger partial charge in [-0.15, -0.1) is 0 Å². The molecule has 4 N–H and O–H groups in total. The van der Waals surface area contributed by atoms with Crippen LogP contribution in [-0.4, -0.2) is 107 Å². The summed E-state index contributed by atoms with van der Waals surface area (Å²) in [4.78, 5) is 48.3. The summed E-state index contributed by atoms with van der Waals surface area (Å²) in [6, 6.07) is 17.2. The molecule has 2 aromatic carbocycles. The third-order valence-electron chi connectivity index (χ3n) is 11.7. The zero-order valence-corrected chi connectivity index (χ0v) is 36.5. The first kappa shape index (κ1) is 49.8. The van der Waals surface area contributed by atoms with Gasteiger partial charge in [-0.1, -0.05) is 64.3 Å². The SMILES string of the molecule is C.C.Cc1c(-c2ccc(N3CCc4cccc(C(=O)Nc5nc6ccccc6s5)c4C3)nc2C(=O)O)cnn1CC1CC(C)CC(C)CC(OCCNCCOCCOCC(=O)O)C1. The van der Waals surface area contributed by atoms with Crippen LogP contribution in [0.15, 0.2) is 60.8 Å². The van der Waals surface area contributed by atoms with Crippen molar-refractivity contribution >= 4 is 50.3 Å². The molecule has 15 nitrogen and oxygen atoms in total. The number of benzene rings is 2. The summed E-state index contributed by atoms with van der Waals surface area (Å²) in [7, 11) is 0. The van der Waals surface area contributed by atoms with Crippen LogP contribution in [0.2, 0.25) is 0 Å². The lowest BCUT2D eigenvalue weighted by Crippen LogP contribution is -2.33. The first-order valence-corrected chi connectivity index (χ1v) is 22.3. The molecule has 0 saturated heterocycles. The van der Waals surface area contributed by atoms with Gasteiger partial charge in [-0.3, -0.25) is 14.8 Å². The van der Waals surface area contributed by atoms with Crippen molar-refractivity contribution < 1.29 is 38.8 Å². The van der Waals surface area contributed by atoms with E-state index in [4.69, 9.17) is 29.4 Å². The van der Waals surface area contributed by atoms with E-state index in [2.05, 4.69) is 29.5 Å². The Bertz CT molecular complexity index is 2300. The number of anilines is 2. The zero-order valence-electron chi connectivity index (χ0n) is 35.7. The van der Waals surface area contributed by atoms with E-state index in [-0.39, 0.29) is 45.8 Å². The van der Waals surface area contributed by atoms with Crippen molar-refractivity contribution in [3.05, 3.63) is 88.9 Å². The predicted molar refractivity (Wildman–Crippen MR) is 252 cm³/mol. The Morgan fingerprint density at radius 3 is 2.44 bits per heavy atom. The Balaban J connectivity index is 0.00000385. The molecule has 0 radical (unpaired) electrons. The molecule has 1 saturated carbocycles. The summed E-state index contributed by atoms with van der Waals surface area (Å²) in [6.45, 7) is 11.1. The molecule has 5 aromatic rings. The van der Waals surface area contributed by atoms with Crippen LogP contribution in [0.25, 0.3) is 21.3 Å². The van der Waals surface area contributed by atoms with Gasteiger partial charge in [0.2, 0.25) is 0 Å². The number of pyridine rings is 1. The minimum atomic E-state index is -1.12. The predicted octanol–water partition coefficient (Wildman–Crippen LogP) is 8.20. The van der Waals surface area contributed by atoms with Crippen LogP contribution in [0.3, 0.4) is 0 Å². The summed E-state index contributed by atoms with van der Waals surface area (Å²) in [6.07, 6.45) is 6.63. The fourth-order valence-electron chi connectivity index (χ4n) is 8.92. The van der Waals surface area contributed by atoms with Crippen molar-refractivity contribution in [2.45, 2.75) is 86.9 Å². The average molecular weight is 900 g/mol. The third kappa shape index (κ3) is 12.9. The third-order valence-corrected chi connectivity index (χ3v) is 12.7. The molecule has 4 unspecified atom stereocenters. The van der Waals surface area contributed by atoms with Gasteiger partial charge < -0.3 is 34.6 Å². The molecule has 346 valence electrons. The van der Waals surface area contributed by atoms with Gasteiger partial charge in [0, 0.05) is 55.1 Å². The lowest BCUT2D eigenvalue weighted by Gasteiger charge is -2.32. The van der Waals surface area contributed by atoms with E-state index in [0.29, 0.717) is 98.8 Å². The van der Waals surface area contributed by atoms with Gasteiger partial charge in [0.1, 0.15) is 12.4 Å². The molecule has 4 atom stereocenters. The molecule has 1 fully saturated rings. The number of carboxylic acids is 2. The van der Waals surface area contributed by atoms with E-state index in [1.807, 2.05) is 71.1 Å². The van der Waals surface area contributed by atoms with Crippen molar-refractivity contribution in [3.8, 4) is 11.1 Å². The van der Waals surface area contributed by atoms with Gasteiger partial charge >= 0.3 is 11.9 Å². The maximum absolute atomic E-state index is 13.6. The molecular formula is C48H65N7O8S. The number of thiazole rings is 1. The number of amides is 1. The van der Waals surface area contributed by atoms with Crippen molar-refractivity contribution in [2.24, 2.45) is 17.8 Å². The number of para-hydroxylation sites is 1. The van der Waals surface area contributed by atoms with Crippen LogP contribution in [0.5, 0.6) is 0 Å². The number of carbonyl (C=O) groups excluding carboxylic acids is 1. The summed E-state index contributed by atoms with van der Waals surface area (Å²) in [5, 5.41) is 30.8. The van der Waals surface area contributed by atoms with E-state index in [0.717, 1.165) is 58.3 Å². The van der Waals surface area contributed by atoms with Crippen LogP contribution in [0, 0.1) is 24.7 Å². The number of aliphatic carboxylic acids is 1. The molecule has 4 heterocycles. The second kappa shape index (κ2) is 23.6. The van der Waals surface area contributed by atoms with Crippen molar-refractivity contribution in [2.75, 3.05) is 62.9 Å². The first-order valence-electron chi connectivity index (χ1n) is 21.5. The van der Waals surface area contributed by atoms with Crippen molar-refractivity contribution in [1.82, 2.24) is 25.1 Å². The number of aromatic carboxylic acids is 1. The second-order valence-corrected chi connectivity index (χ2v) is 17.6. The number of fused-ring (bicyclic) bond motifs is 2. The van der Waals surface area contributed by atoms with E-state index in [9.17, 15) is 19.5 Å². The minimum Gasteiger partial charge on any atom is -0.480 e. The molecule has 7 rings (SSSR count). The Kier molecular flexibility index (Phi) is 18.3.